The number of halogens is 5. The molecule has 14 heavy (non-hydrogen) atoms. The second-order valence-corrected chi connectivity index (χ2v) is 2.31. The van der Waals surface area contributed by atoms with Gasteiger partial charge in [0.1, 0.15) is 0 Å². The zero-order valence-corrected chi connectivity index (χ0v) is 7.10. The van der Waals surface area contributed by atoms with Gasteiger partial charge < -0.3 is 4.74 Å². The summed E-state index contributed by atoms with van der Waals surface area (Å²) in [4.78, 5) is 0. The first-order valence-electron chi connectivity index (χ1n) is 3.12. The lowest BCUT2D eigenvalue weighted by Gasteiger charge is -2.05. The molecule has 0 aliphatic heterocycles. The van der Waals surface area contributed by atoms with Crippen LogP contribution in [-0.2, 0) is 0 Å². The fourth-order valence-corrected chi connectivity index (χ4v) is 0.833. The molecule has 0 spiro atoms. The second-order valence-electron chi connectivity index (χ2n) is 2.11. The van der Waals surface area contributed by atoms with E-state index in [0.717, 1.165) is 0 Å². The largest absolute Gasteiger partial charge is 0.447 e. The molecule has 0 bridgehead atoms. The van der Waals surface area contributed by atoms with E-state index in [1.54, 1.807) is 0 Å². The predicted molar refractivity (Wildman–Crippen MR) is 40.5 cm³/mol. The van der Waals surface area contributed by atoms with Crippen molar-refractivity contribution >= 4 is 17.8 Å². The first-order valence-corrected chi connectivity index (χ1v) is 3.59. The molecule has 0 radical (unpaired) electrons. The van der Waals surface area contributed by atoms with Gasteiger partial charge in [-0.25, -0.2) is 13.2 Å². The van der Waals surface area contributed by atoms with Crippen molar-refractivity contribution in [3.8, 4) is 5.75 Å². The predicted octanol–water partition coefficient (Wildman–Crippen LogP) is 2.72. The molecule has 0 saturated heterocycles. The Morgan fingerprint density at radius 3 is 1.50 bits per heavy atom. The number of rotatable bonds is 2. The average Bonchev–Trinajstić information content (AvgIpc) is 2.19. The Morgan fingerprint density at radius 1 is 0.786 bits per heavy atom. The molecule has 0 aromatic heterocycles. The number of hydrogen-bond donors (Lipinski definition) is 0. The summed E-state index contributed by atoms with van der Waals surface area (Å²) >= 11 is 4.05. The van der Waals surface area contributed by atoms with Crippen molar-refractivity contribution in [3.05, 3.63) is 29.1 Å². The molecule has 1 rings (SSSR count). The normalized spacial score (nSPS) is 10.1. The molecule has 0 saturated carbocycles. The Labute approximate surface area is 80.1 Å². The van der Waals surface area contributed by atoms with Crippen LogP contribution in [0.3, 0.4) is 0 Å². The molecular weight excluding hydrogens is 227 g/mol. The monoisotopic (exact) mass is 228 g/mol. The molecule has 0 unspecified atom stereocenters. The maximum absolute atomic E-state index is 12.7. The highest BCUT2D eigenvalue weighted by Gasteiger charge is 2.26. The van der Waals surface area contributed by atoms with Crippen molar-refractivity contribution in [1.82, 2.24) is 0 Å². The van der Waals surface area contributed by atoms with Gasteiger partial charge in [-0.1, -0.05) is 0 Å². The maximum atomic E-state index is 12.7. The minimum absolute atomic E-state index is 0.387. The minimum atomic E-state index is -2.24. The highest BCUT2D eigenvalue weighted by Crippen LogP contribution is 2.28. The number of ether oxygens (including phenoxy) is 1. The fourth-order valence-electron chi connectivity index (χ4n) is 0.736. The Kier molecular flexibility index (Phi) is 3.00. The molecule has 0 atom stereocenters. The lowest BCUT2D eigenvalue weighted by molar-refractivity contribution is 0.349. The van der Waals surface area contributed by atoms with Gasteiger partial charge in [0.2, 0.25) is 34.8 Å². The van der Waals surface area contributed by atoms with Crippen LogP contribution < -0.4 is 4.74 Å². The van der Waals surface area contributed by atoms with Crippen LogP contribution in [0.4, 0.5) is 22.0 Å². The van der Waals surface area contributed by atoms with Gasteiger partial charge in [0.15, 0.2) is 5.55 Å². The smallest absolute Gasteiger partial charge is 0.207 e. The summed E-state index contributed by atoms with van der Waals surface area (Å²) in [6, 6.07) is 0. The van der Waals surface area contributed by atoms with Gasteiger partial charge >= 0.3 is 0 Å². The Bertz CT molecular complexity index is 363. The highest BCUT2D eigenvalue weighted by atomic mass is 32.1. The third kappa shape index (κ3) is 1.54. The van der Waals surface area contributed by atoms with Gasteiger partial charge in [0, 0.05) is 0 Å². The summed E-state index contributed by atoms with van der Waals surface area (Å²) in [6.45, 7) is 0. The van der Waals surface area contributed by atoms with Gasteiger partial charge in [-0.05, 0) is 12.2 Å². The second kappa shape index (κ2) is 3.87. The summed E-state index contributed by atoms with van der Waals surface area (Å²) in [7, 11) is 0. The molecule has 1 aromatic carbocycles. The van der Waals surface area contributed by atoms with Gasteiger partial charge in [0.05, 0.1) is 0 Å². The van der Waals surface area contributed by atoms with Crippen LogP contribution in [0.1, 0.15) is 0 Å². The molecule has 0 aliphatic rings. The summed E-state index contributed by atoms with van der Waals surface area (Å²) in [6.07, 6.45) is 0. The van der Waals surface area contributed by atoms with Crippen molar-refractivity contribution < 1.29 is 26.7 Å². The van der Waals surface area contributed by atoms with Crippen molar-refractivity contribution in [2.24, 2.45) is 0 Å². The molecule has 1 aromatic rings. The van der Waals surface area contributed by atoms with Crippen molar-refractivity contribution in [2.75, 3.05) is 0 Å². The van der Waals surface area contributed by atoms with Crippen LogP contribution in [-0.4, -0.2) is 5.55 Å². The fraction of sp³-hybridized carbons (Fsp3) is 0. The molecular formula is C7HF5OS. The molecule has 0 aliphatic carbocycles. The zero-order chi connectivity index (χ0) is 10.9. The van der Waals surface area contributed by atoms with Crippen LogP contribution >= 0.6 is 12.2 Å². The number of benzene rings is 1. The summed E-state index contributed by atoms with van der Waals surface area (Å²) < 4.78 is 66.6. The third-order valence-electron chi connectivity index (χ3n) is 1.34. The lowest BCUT2D eigenvalue weighted by Crippen LogP contribution is -2.05. The molecule has 76 valence electrons. The van der Waals surface area contributed by atoms with E-state index in [0.29, 0.717) is 5.55 Å². The van der Waals surface area contributed by atoms with Gasteiger partial charge in [-0.2, -0.15) is 8.78 Å². The minimum Gasteiger partial charge on any atom is -0.447 e. The van der Waals surface area contributed by atoms with Crippen LogP contribution in [0.25, 0.3) is 0 Å². The molecule has 0 N–H and O–H groups in total. The molecule has 0 amide bonds. The van der Waals surface area contributed by atoms with Crippen LogP contribution in [0.15, 0.2) is 0 Å². The van der Waals surface area contributed by atoms with Gasteiger partial charge in [0.25, 0.3) is 0 Å². The summed E-state index contributed by atoms with van der Waals surface area (Å²) in [5.41, 5.74) is 0.387. The molecule has 1 nitrogen and oxygen atoms in total. The van der Waals surface area contributed by atoms with E-state index in [2.05, 4.69) is 17.0 Å². The highest BCUT2D eigenvalue weighted by molar-refractivity contribution is 7.78. The maximum Gasteiger partial charge on any atom is 0.207 e. The number of thiocarbonyl (C=S) groups is 1. The SMILES string of the molecule is Fc1c(F)c(F)c(OC=S)c(F)c1F. The zero-order valence-electron chi connectivity index (χ0n) is 6.28. The number of hydrogen-bond acceptors (Lipinski definition) is 2. The van der Waals surface area contributed by atoms with E-state index in [1.165, 1.54) is 0 Å². The average molecular weight is 228 g/mol. The summed E-state index contributed by atoms with van der Waals surface area (Å²) in [5, 5.41) is 0. The lowest BCUT2D eigenvalue weighted by atomic mass is 10.3. The van der Waals surface area contributed by atoms with E-state index in [4.69, 9.17) is 0 Å². The third-order valence-corrected chi connectivity index (χ3v) is 1.43. The van der Waals surface area contributed by atoms with Gasteiger partial charge in [-0.15, -0.1) is 0 Å². The topological polar surface area (TPSA) is 9.23 Å². The van der Waals surface area contributed by atoms with Crippen molar-refractivity contribution in [1.29, 1.82) is 0 Å². The Hall–Kier alpha value is -1.24. The van der Waals surface area contributed by atoms with E-state index in [9.17, 15) is 22.0 Å². The Balaban J connectivity index is 3.50. The van der Waals surface area contributed by atoms with Crippen molar-refractivity contribution in [3.63, 3.8) is 0 Å². The molecule has 7 heteroatoms. The molecule has 0 heterocycles. The van der Waals surface area contributed by atoms with Gasteiger partial charge in [-0.3, -0.25) is 0 Å². The first kappa shape index (κ1) is 10.8. The van der Waals surface area contributed by atoms with Crippen molar-refractivity contribution in [2.45, 2.75) is 0 Å². The summed E-state index contributed by atoms with van der Waals surface area (Å²) in [5.74, 6) is -11.9. The van der Waals surface area contributed by atoms with E-state index < -0.39 is 34.8 Å². The standard InChI is InChI=1S/C7HF5OS/c8-2-3(9)5(11)7(13-1-14)6(12)4(2)10/h1H. The van der Waals surface area contributed by atoms with E-state index in [1.807, 2.05) is 0 Å². The first-order chi connectivity index (χ1) is 6.50. The van der Waals surface area contributed by atoms with E-state index >= 15 is 0 Å². The van der Waals surface area contributed by atoms with Crippen LogP contribution in [0, 0.1) is 29.1 Å². The van der Waals surface area contributed by atoms with Crippen LogP contribution in [0.2, 0.25) is 0 Å². The molecule has 0 fully saturated rings. The Morgan fingerprint density at radius 2 is 1.14 bits per heavy atom. The van der Waals surface area contributed by atoms with E-state index in [-0.39, 0.29) is 0 Å². The quantitative estimate of drug-likeness (QED) is 0.333. The van der Waals surface area contributed by atoms with Crippen LogP contribution in [0.5, 0.6) is 5.75 Å².